The first-order valence-corrected chi connectivity index (χ1v) is 11.0. The van der Waals surface area contributed by atoms with E-state index in [2.05, 4.69) is 36.1 Å². The van der Waals surface area contributed by atoms with Gasteiger partial charge in [0.05, 0.1) is 16.5 Å². The Bertz CT molecular complexity index is 1060. The third-order valence-corrected chi connectivity index (χ3v) is 6.16. The van der Waals surface area contributed by atoms with Crippen molar-refractivity contribution >= 4 is 45.8 Å². The van der Waals surface area contributed by atoms with Gasteiger partial charge in [-0.25, -0.2) is 0 Å². The monoisotopic (exact) mass is 444 g/mol. The van der Waals surface area contributed by atoms with Crippen molar-refractivity contribution in [1.29, 1.82) is 0 Å². The predicted molar refractivity (Wildman–Crippen MR) is 122 cm³/mol. The third-order valence-electron chi connectivity index (χ3n) is 4.72. The van der Waals surface area contributed by atoms with Crippen molar-refractivity contribution in [3.63, 3.8) is 0 Å². The Kier molecular flexibility index (Phi) is 5.72. The molecular weight excluding hydrogens is 424 g/mol. The van der Waals surface area contributed by atoms with E-state index in [4.69, 9.17) is 33.3 Å². The second-order valence-corrected chi connectivity index (χ2v) is 9.11. The highest BCUT2D eigenvalue weighted by molar-refractivity contribution is 7.80. The van der Waals surface area contributed by atoms with Crippen LogP contribution < -0.4 is 5.32 Å². The molecule has 1 aliphatic rings. The lowest BCUT2D eigenvalue weighted by Gasteiger charge is -2.38. The van der Waals surface area contributed by atoms with Gasteiger partial charge in [-0.1, -0.05) is 48.8 Å². The number of nitrogens with one attached hydrogen (secondary N) is 1. The van der Waals surface area contributed by atoms with Crippen LogP contribution in [0.15, 0.2) is 52.0 Å². The van der Waals surface area contributed by atoms with Crippen LogP contribution in [0.2, 0.25) is 5.02 Å². The summed E-state index contributed by atoms with van der Waals surface area (Å²) in [6.45, 7) is 7.19. The zero-order valence-corrected chi connectivity index (χ0v) is 18.7. The van der Waals surface area contributed by atoms with E-state index in [-0.39, 0.29) is 6.04 Å². The van der Waals surface area contributed by atoms with Gasteiger partial charge in [-0.3, -0.25) is 0 Å². The van der Waals surface area contributed by atoms with Gasteiger partial charge in [0, 0.05) is 17.3 Å². The average Bonchev–Trinajstić information content (AvgIpc) is 3.36. The highest BCUT2D eigenvalue weighted by atomic mass is 35.5. The van der Waals surface area contributed by atoms with Gasteiger partial charge in [0.15, 0.2) is 5.11 Å². The lowest BCUT2D eigenvalue weighted by atomic mass is 9.94. The normalized spacial score (nSPS) is 17.2. The van der Waals surface area contributed by atoms with Gasteiger partial charge in [0.25, 0.3) is 5.89 Å². The number of aromatic nitrogens is 2. The van der Waals surface area contributed by atoms with E-state index in [0.29, 0.717) is 27.8 Å². The number of hydrogen-bond donors (Lipinski definition) is 1. The standard InChI is InChI=1S/C21H21ClN4OS2/c1-12(2)11-26-13(3)17(20-24-19(25-27-20)16-8-5-9-29-16)18(23-21(26)28)14-6-4-7-15(22)10-14/h4-10,12,18H,11H2,1-3H3,(H,23,28). The van der Waals surface area contributed by atoms with Crippen molar-refractivity contribution in [2.45, 2.75) is 26.8 Å². The summed E-state index contributed by atoms with van der Waals surface area (Å²) in [4.78, 5) is 7.77. The minimum Gasteiger partial charge on any atom is -0.351 e. The summed E-state index contributed by atoms with van der Waals surface area (Å²) < 4.78 is 5.71. The molecule has 3 heterocycles. The molecule has 3 aromatic rings. The zero-order valence-electron chi connectivity index (χ0n) is 16.3. The molecule has 0 saturated carbocycles. The van der Waals surface area contributed by atoms with E-state index in [9.17, 15) is 0 Å². The molecule has 0 saturated heterocycles. The first kappa shape index (κ1) is 20.1. The van der Waals surface area contributed by atoms with Gasteiger partial charge < -0.3 is 14.7 Å². The lowest BCUT2D eigenvalue weighted by molar-refractivity contribution is 0.386. The molecule has 0 bridgehead atoms. The maximum absolute atomic E-state index is 6.26. The molecule has 0 spiro atoms. The molecule has 1 aromatic carbocycles. The molecule has 0 amide bonds. The maximum atomic E-state index is 6.26. The van der Waals surface area contributed by atoms with Crippen LogP contribution in [0.4, 0.5) is 0 Å². The molecule has 2 aromatic heterocycles. The SMILES string of the molecule is CC1=C(c2nc(-c3cccs3)no2)C(c2cccc(Cl)c2)NC(=S)N1CC(C)C. The molecule has 0 fully saturated rings. The molecule has 150 valence electrons. The fraction of sp³-hybridized carbons (Fsp3) is 0.286. The van der Waals surface area contributed by atoms with Crippen LogP contribution in [0.1, 0.15) is 38.3 Å². The second-order valence-electron chi connectivity index (χ2n) is 7.34. The van der Waals surface area contributed by atoms with Crippen molar-refractivity contribution in [1.82, 2.24) is 20.4 Å². The summed E-state index contributed by atoms with van der Waals surface area (Å²) >= 11 is 13.5. The van der Waals surface area contributed by atoms with Crippen molar-refractivity contribution in [3.8, 4) is 10.7 Å². The number of benzene rings is 1. The van der Waals surface area contributed by atoms with Crippen LogP contribution in [0.3, 0.4) is 0 Å². The highest BCUT2D eigenvalue weighted by Crippen LogP contribution is 2.38. The van der Waals surface area contributed by atoms with Crippen LogP contribution >= 0.6 is 35.2 Å². The number of thiocarbonyl (C=S) groups is 1. The number of rotatable bonds is 5. The van der Waals surface area contributed by atoms with E-state index >= 15 is 0 Å². The van der Waals surface area contributed by atoms with Crippen molar-refractivity contribution in [2.75, 3.05) is 6.54 Å². The summed E-state index contributed by atoms with van der Waals surface area (Å²) in [7, 11) is 0. The molecule has 5 nitrogen and oxygen atoms in total. The minimum absolute atomic E-state index is 0.221. The second kappa shape index (κ2) is 8.26. The van der Waals surface area contributed by atoms with Gasteiger partial charge in [0.2, 0.25) is 5.82 Å². The third kappa shape index (κ3) is 4.08. The van der Waals surface area contributed by atoms with E-state index in [1.54, 1.807) is 11.3 Å². The Morgan fingerprint density at radius 1 is 1.31 bits per heavy atom. The lowest BCUT2D eigenvalue weighted by Crippen LogP contribution is -2.47. The maximum Gasteiger partial charge on any atom is 0.258 e. The Labute approximate surface area is 184 Å². The fourth-order valence-electron chi connectivity index (χ4n) is 3.42. The van der Waals surface area contributed by atoms with Gasteiger partial charge in [-0.05, 0) is 54.2 Å². The van der Waals surface area contributed by atoms with Gasteiger partial charge in [0.1, 0.15) is 0 Å². The minimum atomic E-state index is -0.221. The van der Waals surface area contributed by atoms with Crippen LogP contribution in [-0.4, -0.2) is 26.7 Å². The summed E-state index contributed by atoms with van der Waals surface area (Å²) in [6.07, 6.45) is 0. The first-order chi connectivity index (χ1) is 13.9. The summed E-state index contributed by atoms with van der Waals surface area (Å²) in [5.74, 6) is 1.52. The number of hydrogen-bond acceptors (Lipinski definition) is 5. The van der Waals surface area contributed by atoms with Crippen LogP contribution in [0, 0.1) is 5.92 Å². The van der Waals surface area contributed by atoms with E-state index in [1.807, 2.05) is 41.8 Å². The summed E-state index contributed by atoms with van der Waals surface area (Å²) in [5, 5.41) is 11.0. The average molecular weight is 445 g/mol. The Balaban J connectivity index is 1.83. The number of halogens is 1. The topological polar surface area (TPSA) is 54.2 Å². The molecule has 1 N–H and O–H groups in total. The summed E-state index contributed by atoms with van der Waals surface area (Å²) in [5.41, 5.74) is 2.92. The summed E-state index contributed by atoms with van der Waals surface area (Å²) in [6, 6.07) is 11.5. The van der Waals surface area contributed by atoms with Crippen LogP contribution in [-0.2, 0) is 0 Å². The molecule has 0 aliphatic carbocycles. The Morgan fingerprint density at radius 2 is 2.14 bits per heavy atom. The van der Waals surface area contributed by atoms with E-state index in [1.165, 1.54) is 0 Å². The molecular formula is C21H21ClN4OS2. The molecule has 29 heavy (non-hydrogen) atoms. The van der Waals surface area contributed by atoms with Gasteiger partial charge in [-0.2, -0.15) is 4.98 Å². The fourth-order valence-corrected chi connectivity index (χ4v) is 4.60. The Hall–Kier alpha value is -2.22. The number of allylic oxidation sites excluding steroid dienone is 1. The smallest absolute Gasteiger partial charge is 0.258 e. The molecule has 1 unspecified atom stereocenters. The van der Waals surface area contributed by atoms with Crippen LogP contribution in [0.5, 0.6) is 0 Å². The Morgan fingerprint density at radius 3 is 2.83 bits per heavy atom. The van der Waals surface area contributed by atoms with E-state index < -0.39 is 0 Å². The van der Waals surface area contributed by atoms with E-state index in [0.717, 1.165) is 28.3 Å². The largest absolute Gasteiger partial charge is 0.351 e. The van der Waals surface area contributed by atoms with Gasteiger partial charge in [-0.15, -0.1) is 11.3 Å². The van der Waals surface area contributed by atoms with Crippen molar-refractivity contribution in [2.24, 2.45) is 5.92 Å². The number of thiophene rings is 1. The first-order valence-electron chi connectivity index (χ1n) is 9.36. The highest BCUT2D eigenvalue weighted by Gasteiger charge is 2.34. The molecule has 1 aliphatic heterocycles. The predicted octanol–water partition coefficient (Wildman–Crippen LogP) is 5.77. The van der Waals surface area contributed by atoms with Crippen LogP contribution in [0.25, 0.3) is 16.3 Å². The number of nitrogens with zero attached hydrogens (tertiary/aromatic N) is 3. The quantitative estimate of drug-likeness (QED) is 0.504. The van der Waals surface area contributed by atoms with Crippen molar-refractivity contribution < 1.29 is 4.52 Å². The zero-order chi connectivity index (χ0) is 20.5. The molecule has 4 rings (SSSR count). The molecule has 0 radical (unpaired) electrons. The molecule has 1 atom stereocenters. The van der Waals surface area contributed by atoms with Gasteiger partial charge >= 0.3 is 0 Å². The van der Waals surface area contributed by atoms with Crippen molar-refractivity contribution in [3.05, 3.63) is 64.0 Å². The molecule has 8 heteroatoms.